The molecule has 2 saturated heterocycles. The predicted molar refractivity (Wildman–Crippen MR) is 137 cm³/mol. The van der Waals surface area contributed by atoms with Gasteiger partial charge in [0.05, 0.1) is 17.5 Å². The Morgan fingerprint density at radius 1 is 1.09 bits per heavy atom. The maximum absolute atomic E-state index is 5.91. The second-order valence-corrected chi connectivity index (χ2v) is 9.84. The highest BCUT2D eigenvalue weighted by molar-refractivity contribution is 6.03. The zero-order valence-electron chi connectivity index (χ0n) is 20.7. The number of anilines is 1. The van der Waals surface area contributed by atoms with Crippen LogP contribution < -0.4 is 9.64 Å². The first-order valence-electron chi connectivity index (χ1n) is 12.6. The zero-order chi connectivity index (χ0) is 23.5. The van der Waals surface area contributed by atoms with Crippen LogP contribution in [0, 0.1) is 0 Å². The number of hydrogen-bond donors (Lipinski definition) is 0. The number of rotatable bonds is 8. The molecule has 2 aromatic rings. The first-order chi connectivity index (χ1) is 16.6. The van der Waals surface area contributed by atoms with E-state index in [4.69, 9.17) is 14.5 Å². The Labute approximate surface area is 203 Å². The molecule has 0 radical (unpaired) electrons. The number of aliphatic imine (C=N–C) groups is 1. The van der Waals surface area contributed by atoms with Crippen LogP contribution in [0.4, 0.5) is 11.4 Å². The van der Waals surface area contributed by atoms with Gasteiger partial charge in [-0.1, -0.05) is 6.07 Å². The Morgan fingerprint density at radius 3 is 2.65 bits per heavy atom. The number of pyridine rings is 1. The van der Waals surface area contributed by atoms with Gasteiger partial charge < -0.3 is 14.4 Å². The minimum atomic E-state index is 0.301. The van der Waals surface area contributed by atoms with Crippen molar-refractivity contribution in [2.75, 3.05) is 65.4 Å². The van der Waals surface area contributed by atoms with Gasteiger partial charge in [-0.05, 0) is 56.1 Å². The molecule has 0 N–H and O–H groups in total. The van der Waals surface area contributed by atoms with E-state index in [-0.39, 0.29) is 0 Å². The van der Waals surface area contributed by atoms with Crippen molar-refractivity contribution in [1.82, 2.24) is 14.8 Å². The summed E-state index contributed by atoms with van der Waals surface area (Å²) in [6.45, 7) is 6.05. The van der Waals surface area contributed by atoms with Crippen molar-refractivity contribution < 1.29 is 9.47 Å². The predicted octanol–water partition coefficient (Wildman–Crippen LogP) is 3.91. The van der Waals surface area contributed by atoms with Gasteiger partial charge in [0.25, 0.3) is 0 Å². The van der Waals surface area contributed by atoms with Crippen molar-refractivity contribution in [3.63, 3.8) is 0 Å². The van der Waals surface area contributed by atoms with Crippen LogP contribution in [0.25, 0.3) is 0 Å². The normalized spacial score (nSPS) is 23.1. The minimum Gasteiger partial charge on any atom is -0.476 e. The standard InChI is InChI=1S/C27H37N5O2/c1-30(2)21-7-8-23-25(16-21)29-24(17-26(23)32-13-10-22(19-32)33-3)20-6-9-27(28-18-20)34-15-14-31-11-4-5-12-31/h6-9,16,18,22,26H,4-5,10-15,17,19H2,1-3H3. The fourth-order valence-electron chi connectivity index (χ4n) is 5.33. The number of nitrogens with zero attached hydrogens (tertiary/aromatic N) is 5. The number of benzene rings is 1. The van der Waals surface area contributed by atoms with Crippen LogP contribution in [-0.2, 0) is 4.74 Å². The van der Waals surface area contributed by atoms with E-state index in [1.165, 1.54) is 37.2 Å². The Balaban J connectivity index is 1.34. The number of aromatic nitrogens is 1. The van der Waals surface area contributed by atoms with Gasteiger partial charge in [-0.15, -0.1) is 0 Å². The number of ether oxygens (including phenoxy) is 2. The van der Waals surface area contributed by atoms with Crippen molar-refractivity contribution in [2.45, 2.75) is 37.8 Å². The van der Waals surface area contributed by atoms with E-state index in [2.05, 4.69) is 58.0 Å². The second kappa shape index (κ2) is 10.4. The third-order valence-electron chi connectivity index (χ3n) is 7.41. The summed E-state index contributed by atoms with van der Waals surface area (Å²) in [5.74, 6) is 0.689. The molecule has 2 fully saturated rings. The lowest BCUT2D eigenvalue weighted by Gasteiger charge is -2.33. The zero-order valence-corrected chi connectivity index (χ0v) is 20.7. The molecule has 7 nitrogen and oxygen atoms in total. The van der Waals surface area contributed by atoms with E-state index >= 15 is 0 Å². The van der Waals surface area contributed by atoms with Crippen LogP contribution in [-0.4, -0.2) is 87.1 Å². The van der Waals surface area contributed by atoms with Gasteiger partial charge in [-0.25, -0.2) is 4.98 Å². The average molecular weight is 464 g/mol. The van der Waals surface area contributed by atoms with Gasteiger partial charge in [-0.2, -0.15) is 0 Å². The molecule has 34 heavy (non-hydrogen) atoms. The lowest BCUT2D eigenvalue weighted by Crippen LogP contribution is -2.31. The molecule has 2 unspecified atom stereocenters. The molecular weight excluding hydrogens is 426 g/mol. The molecule has 0 spiro atoms. The van der Waals surface area contributed by atoms with Gasteiger partial charge in [0.15, 0.2) is 0 Å². The summed E-state index contributed by atoms with van der Waals surface area (Å²) in [5.41, 5.74) is 5.69. The van der Waals surface area contributed by atoms with E-state index < -0.39 is 0 Å². The SMILES string of the molecule is COC1CCN(C2CC(c3ccc(OCCN4CCCC4)nc3)=Nc3cc(N(C)C)ccc32)C1. The Morgan fingerprint density at radius 2 is 1.94 bits per heavy atom. The molecule has 0 bridgehead atoms. The molecule has 3 aliphatic heterocycles. The van der Waals surface area contributed by atoms with E-state index in [9.17, 15) is 0 Å². The fourth-order valence-corrected chi connectivity index (χ4v) is 5.33. The van der Waals surface area contributed by atoms with Crippen LogP contribution in [0.5, 0.6) is 5.88 Å². The summed E-state index contributed by atoms with van der Waals surface area (Å²) in [7, 11) is 5.96. The van der Waals surface area contributed by atoms with Crippen molar-refractivity contribution in [3.8, 4) is 5.88 Å². The third-order valence-corrected chi connectivity index (χ3v) is 7.41. The molecule has 7 heteroatoms. The maximum atomic E-state index is 5.91. The summed E-state index contributed by atoms with van der Waals surface area (Å²) in [4.78, 5) is 16.9. The second-order valence-electron chi connectivity index (χ2n) is 9.84. The number of fused-ring (bicyclic) bond motifs is 1. The van der Waals surface area contributed by atoms with Crippen molar-refractivity contribution >= 4 is 17.1 Å². The van der Waals surface area contributed by atoms with Gasteiger partial charge in [0, 0.05) is 76.8 Å². The van der Waals surface area contributed by atoms with Crippen LogP contribution in [0.15, 0.2) is 41.5 Å². The Hall–Kier alpha value is -2.48. The fraction of sp³-hybridized carbons (Fsp3) is 0.556. The van der Waals surface area contributed by atoms with Gasteiger partial charge in [-0.3, -0.25) is 14.8 Å². The quantitative estimate of drug-likeness (QED) is 0.592. The Kier molecular flexibility index (Phi) is 7.13. The van der Waals surface area contributed by atoms with Crippen LogP contribution >= 0.6 is 0 Å². The number of likely N-dealkylation sites (tertiary alicyclic amines) is 2. The third kappa shape index (κ3) is 5.11. The van der Waals surface area contributed by atoms with Crippen LogP contribution in [0.3, 0.4) is 0 Å². The molecule has 2 atom stereocenters. The summed E-state index contributed by atoms with van der Waals surface area (Å²) < 4.78 is 11.6. The summed E-state index contributed by atoms with van der Waals surface area (Å²) in [5, 5.41) is 0. The highest BCUT2D eigenvalue weighted by Gasteiger charge is 2.33. The van der Waals surface area contributed by atoms with Crippen LogP contribution in [0.1, 0.15) is 42.9 Å². The molecule has 0 amide bonds. The molecule has 1 aromatic heterocycles. The monoisotopic (exact) mass is 463 g/mol. The first kappa shape index (κ1) is 23.3. The maximum Gasteiger partial charge on any atom is 0.213 e. The molecule has 0 saturated carbocycles. The molecule has 5 rings (SSSR count). The van der Waals surface area contributed by atoms with Gasteiger partial charge in [0.1, 0.15) is 6.61 Å². The van der Waals surface area contributed by atoms with Gasteiger partial charge in [0.2, 0.25) is 5.88 Å². The van der Waals surface area contributed by atoms with Crippen molar-refractivity contribution in [1.29, 1.82) is 0 Å². The summed E-state index contributed by atoms with van der Waals surface area (Å²) in [6, 6.07) is 11.1. The van der Waals surface area contributed by atoms with Crippen LogP contribution in [0.2, 0.25) is 0 Å². The van der Waals surface area contributed by atoms with E-state index in [1.54, 1.807) is 0 Å². The first-order valence-corrected chi connectivity index (χ1v) is 12.6. The van der Waals surface area contributed by atoms with E-state index in [0.29, 0.717) is 24.6 Å². The smallest absolute Gasteiger partial charge is 0.213 e. The Bertz CT molecular complexity index is 1000. The largest absolute Gasteiger partial charge is 0.476 e. The molecular formula is C27H37N5O2. The van der Waals surface area contributed by atoms with E-state index in [1.807, 2.05) is 19.4 Å². The minimum absolute atomic E-state index is 0.301. The van der Waals surface area contributed by atoms with Gasteiger partial charge >= 0.3 is 0 Å². The topological polar surface area (TPSA) is 53.4 Å². The number of hydrogen-bond acceptors (Lipinski definition) is 7. The highest BCUT2D eigenvalue weighted by Crippen LogP contribution is 2.41. The summed E-state index contributed by atoms with van der Waals surface area (Å²) in [6.07, 6.45) is 6.80. The van der Waals surface area contributed by atoms with E-state index in [0.717, 1.165) is 49.4 Å². The number of methoxy groups -OCH3 is 1. The molecule has 3 aliphatic rings. The van der Waals surface area contributed by atoms with Crippen molar-refractivity contribution in [2.24, 2.45) is 4.99 Å². The molecule has 0 aliphatic carbocycles. The van der Waals surface area contributed by atoms with Crippen molar-refractivity contribution in [3.05, 3.63) is 47.7 Å². The molecule has 1 aromatic carbocycles. The lowest BCUT2D eigenvalue weighted by molar-refractivity contribution is 0.101. The molecule has 4 heterocycles. The lowest BCUT2D eigenvalue weighted by atomic mass is 9.92. The highest BCUT2D eigenvalue weighted by atomic mass is 16.5. The average Bonchev–Trinajstić information content (AvgIpc) is 3.56. The summed E-state index contributed by atoms with van der Waals surface area (Å²) >= 11 is 0. The molecule has 182 valence electrons.